The van der Waals surface area contributed by atoms with Gasteiger partial charge in [-0.1, -0.05) is 13.0 Å². The third kappa shape index (κ3) is 2.83. The first-order valence-corrected chi connectivity index (χ1v) is 4.49. The van der Waals surface area contributed by atoms with E-state index in [2.05, 4.69) is 0 Å². The van der Waals surface area contributed by atoms with Gasteiger partial charge in [-0.05, 0) is 11.6 Å². The van der Waals surface area contributed by atoms with Gasteiger partial charge in [-0.25, -0.2) is 0 Å². The van der Waals surface area contributed by atoms with Crippen LogP contribution in [-0.4, -0.2) is 10.7 Å². The fourth-order valence-electron chi connectivity index (χ4n) is 1.16. The number of rotatable bonds is 4. The maximum Gasteiger partial charge on any atom is 0.305 e. The predicted molar refractivity (Wildman–Crippen MR) is 52.1 cm³/mol. The number of carbonyl (C=O) groups excluding carboxylic acids is 1. The number of benzene rings is 1. The van der Waals surface area contributed by atoms with E-state index < -0.39 is 16.4 Å². The molecule has 0 saturated heterocycles. The number of ketones is 1. The van der Waals surface area contributed by atoms with Gasteiger partial charge in [0, 0.05) is 18.9 Å². The van der Waals surface area contributed by atoms with E-state index in [-0.39, 0.29) is 12.2 Å². The molecule has 80 valence electrons. The Hall–Kier alpha value is -1.78. The quantitative estimate of drug-likeness (QED) is 0.566. The Morgan fingerprint density at radius 1 is 1.53 bits per heavy atom. The summed E-state index contributed by atoms with van der Waals surface area (Å²) in [6.07, 6.45) is 0.475. The lowest BCUT2D eigenvalue weighted by Crippen LogP contribution is -2.02. The van der Waals surface area contributed by atoms with Crippen molar-refractivity contribution in [1.29, 1.82) is 0 Å². The molecule has 0 aliphatic carbocycles. The maximum atomic E-state index is 12.9. The second-order valence-corrected chi connectivity index (χ2v) is 3.11. The number of nitro benzene ring substituents is 1. The minimum absolute atomic E-state index is 0.0316. The van der Waals surface area contributed by atoms with Gasteiger partial charge in [0.1, 0.15) is 5.78 Å². The van der Waals surface area contributed by atoms with Crippen LogP contribution in [-0.2, 0) is 11.2 Å². The van der Waals surface area contributed by atoms with E-state index in [1.807, 2.05) is 0 Å². The molecule has 0 unspecified atom stereocenters. The molecule has 1 rings (SSSR count). The Morgan fingerprint density at radius 3 is 2.73 bits per heavy atom. The average Bonchev–Trinajstić information content (AvgIpc) is 2.20. The van der Waals surface area contributed by atoms with Crippen LogP contribution < -0.4 is 0 Å². The van der Waals surface area contributed by atoms with Crippen molar-refractivity contribution in [2.45, 2.75) is 19.8 Å². The summed E-state index contributed by atoms with van der Waals surface area (Å²) in [5.74, 6) is -0.913. The molecule has 1 aromatic carbocycles. The highest BCUT2D eigenvalue weighted by molar-refractivity contribution is 5.80. The number of hydrogen-bond donors (Lipinski definition) is 0. The Labute approximate surface area is 85.9 Å². The van der Waals surface area contributed by atoms with Crippen LogP contribution in [0.2, 0.25) is 0 Å². The van der Waals surface area contributed by atoms with Gasteiger partial charge in [0.15, 0.2) is 0 Å². The summed E-state index contributed by atoms with van der Waals surface area (Å²) in [4.78, 5) is 20.7. The minimum Gasteiger partial charge on any atom is -0.299 e. The molecule has 0 amide bonds. The standard InChI is InChI=1S/C10H10FNO3/c1-2-8(13)5-7-3-4-9(11)10(6-7)12(14)15/h3-4,6H,2,5H2,1H3. The van der Waals surface area contributed by atoms with E-state index >= 15 is 0 Å². The van der Waals surface area contributed by atoms with Crippen molar-refractivity contribution in [2.24, 2.45) is 0 Å². The molecular formula is C10H10FNO3. The van der Waals surface area contributed by atoms with Gasteiger partial charge >= 0.3 is 5.69 Å². The van der Waals surface area contributed by atoms with Gasteiger partial charge in [-0.2, -0.15) is 4.39 Å². The van der Waals surface area contributed by atoms with Crippen molar-refractivity contribution in [3.05, 3.63) is 39.7 Å². The van der Waals surface area contributed by atoms with Crippen LogP contribution in [0.5, 0.6) is 0 Å². The minimum atomic E-state index is -0.882. The molecule has 4 nitrogen and oxygen atoms in total. The van der Waals surface area contributed by atoms with Crippen LogP contribution >= 0.6 is 0 Å². The van der Waals surface area contributed by atoms with Gasteiger partial charge in [-0.15, -0.1) is 0 Å². The summed E-state index contributed by atoms with van der Waals surface area (Å²) in [6, 6.07) is 3.50. The lowest BCUT2D eigenvalue weighted by molar-refractivity contribution is -0.387. The first-order chi connectivity index (χ1) is 7.04. The van der Waals surface area contributed by atoms with Crippen LogP contribution in [0, 0.1) is 15.9 Å². The van der Waals surface area contributed by atoms with Crippen LogP contribution in [0.25, 0.3) is 0 Å². The molecule has 0 radical (unpaired) electrons. The van der Waals surface area contributed by atoms with E-state index in [1.54, 1.807) is 6.92 Å². The molecule has 0 atom stereocenters. The molecule has 0 spiro atoms. The molecule has 0 saturated carbocycles. The highest BCUT2D eigenvalue weighted by atomic mass is 19.1. The molecule has 0 heterocycles. The molecule has 0 N–H and O–H groups in total. The van der Waals surface area contributed by atoms with Gasteiger partial charge in [-0.3, -0.25) is 14.9 Å². The zero-order valence-corrected chi connectivity index (χ0v) is 8.20. The smallest absolute Gasteiger partial charge is 0.299 e. The van der Waals surface area contributed by atoms with Crippen molar-refractivity contribution in [2.75, 3.05) is 0 Å². The first kappa shape index (κ1) is 11.3. The highest BCUT2D eigenvalue weighted by Crippen LogP contribution is 2.19. The Balaban J connectivity index is 2.97. The van der Waals surface area contributed by atoms with E-state index in [0.717, 1.165) is 12.1 Å². The van der Waals surface area contributed by atoms with Gasteiger partial charge in [0.05, 0.1) is 4.92 Å². The lowest BCUT2D eigenvalue weighted by Gasteiger charge is -1.99. The number of nitro groups is 1. The third-order valence-corrected chi connectivity index (χ3v) is 2.00. The zero-order chi connectivity index (χ0) is 11.4. The van der Waals surface area contributed by atoms with E-state index in [9.17, 15) is 19.3 Å². The van der Waals surface area contributed by atoms with E-state index in [4.69, 9.17) is 0 Å². The van der Waals surface area contributed by atoms with Crippen molar-refractivity contribution >= 4 is 11.5 Å². The summed E-state index contributed by atoms with van der Waals surface area (Å²) >= 11 is 0. The number of carbonyl (C=O) groups is 1. The molecule has 0 bridgehead atoms. The molecule has 0 aliphatic rings. The van der Waals surface area contributed by atoms with Crippen LogP contribution in [0.3, 0.4) is 0 Å². The Bertz CT molecular complexity index is 404. The number of hydrogen-bond acceptors (Lipinski definition) is 3. The molecule has 1 aromatic rings. The predicted octanol–water partition coefficient (Wildman–Crippen LogP) is 2.26. The number of nitrogens with zero attached hydrogens (tertiary/aromatic N) is 1. The lowest BCUT2D eigenvalue weighted by atomic mass is 10.1. The number of Topliss-reactive ketones (excluding diaryl/α,β-unsaturated/α-hetero) is 1. The largest absolute Gasteiger partial charge is 0.305 e. The molecule has 0 aromatic heterocycles. The zero-order valence-electron chi connectivity index (χ0n) is 8.20. The monoisotopic (exact) mass is 211 g/mol. The van der Waals surface area contributed by atoms with Crippen LogP contribution in [0.1, 0.15) is 18.9 Å². The fourth-order valence-corrected chi connectivity index (χ4v) is 1.16. The summed E-state index contributed by atoms with van der Waals surface area (Å²) in [5.41, 5.74) is -0.119. The van der Waals surface area contributed by atoms with Crippen molar-refractivity contribution in [1.82, 2.24) is 0 Å². The summed E-state index contributed by atoms with van der Waals surface area (Å²) < 4.78 is 12.9. The van der Waals surface area contributed by atoms with Gasteiger partial charge in [0.25, 0.3) is 0 Å². The van der Waals surface area contributed by atoms with Crippen LogP contribution in [0.15, 0.2) is 18.2 Å². The molecular weight excluding hydrogens is 201 g/mol. The molecule has 0 fully saturated rings. The molecule has 15 heavy (non-hydrogen) atoms. The van der Waals surface area contributed by atoms with Crippen molar-refractivity contribution in [3.63, 3.8) is 0 Å². The Morgan fingerprint density at radius 2 is 2.20 bits per heavy atom. The fraction of sp³-hybridized carbons (Fsp3) is 0.300. The van der Waals surface area contributed by atoms with Gasteiger partial charge < -0.3 is 0 Å². The van der Waals surface area contributed by atoms with Crippen LogP contribution in [0.4, 0.5) is 10.1 Å². The Kier molecular flexibility index (Phi) is 3.49. The molecule has 0 aliphatic heterocycles. The van der Waals surface area contributed by atoms with E-state index in [1.165, 1.54) is 6.07 Å². The SMILES string of the molecule is CCC(=O)Cc1ccc(F)c([N+](=O)[O-])c1. The maximum absolute atomic E-state index is 12.9. The second-order valence-electron chi connectivity index (χ2n) is 3.11. The summed E-state index contributed by atoms with van der Waals surface area (Å²) in [5, 5.41) is 10.4. The van der Waals surface area contributed by atoms with Crippen molar-refractivity contribution < 1.29 is 14.1 Å². The average molecular weight is 211 g/mol. The summed E-state index contributed by atoms with van der Waals surface area (Å²) in [7, 11) is 0. The number of halogens is 1. The van der Waals surface area contributed by atoms with Gasteiger partial charge in [0.2, 0.25) is 5.82 Å². The van der Waals surface area contributed by atoms with Crippen molar-refractivity contribution in [3.8, 4) is 0 Å². The second kappa shape index (κ2) is 4.63. The molecule has 5 heteroatoms. The first-order valence-electron chi connectivity index (χ1n) is 4.49. The topological polar surface area (TPSA) is 60.2 Å². The third-order valence-electron chi connectivity index (χ3n) is 2.00. The van der Waals surface area contributed by atoms with E-state index in [0.29, 0.717) is 12.0 Å². The normalized spacial score (nSPS) is 10.0. The highest BCUT2D eigenvalue weighted by Gasteiger charge is 2.14. The summed E-state index contributed by atoms with van der Waals surface area (Å²) in [6.45, 7) is 1.71.